The van der Waals surface area contributed by atoms with E-state index in [9.17, 15) is 4.79 Å². The molecule has 6 nitrogen and oxygen atoms in total. The van der Waals surface area contributed by atoms with Crippen molar-refractivity contribution in [1.82, 2.24) is 25.1 Å². The van der Waals surface area contributed by atoms with Crippen LogP contribution in [0.5, 0.6) is 0 Å². The molecule has 1 N–H and O–H groups in total. The van der Waals surface area contributed by atoms with Gasteiger partial charge in [-0.3, -0.25) is 14.3 Å². The second kappa shape index (κ2) is 7.94. The van der Waals surface area contributed by atoms with Crippen molar-refractivity contribution in [2.24, 2.45) is 0 Å². The Morgan fingerprint density at radius 3 is 2.64 bits per heavy atom. The molecule has 2 aromatic heterocycles. The summed E-state index contributed by atoms with van der Waals surface area (Å²) in [5.41, 5.74) is 3.10. The Bertz CT molecular complexity index is 846. The average molecular weight is 353 g/mol. The van der Waals surface area contributed by atoms with E-state index in [1.165, 1.54) is 17.3 Å². The maximum Gasteiger partial charge on any atom is 0.230 e. The van der Waals surface area contributed by atoms with Crippen molar-refractivity contribution >= 4 is 17.7 Å². The van der Waals surface area contributed by atoms with Gasteiger partial charge in [-0.25, -0.2) is 0 Å². The monoisotopic (exact) mass is 353 g/mol. The van der Waals surface area contributed by atoms with Gasteiger partial charge in [-0.15, -0.1) is 10.2 Å². The number of aromatic nitrogens is 4. The minimum Gasteiger partial charge on any atom is -0.358 e. The van der Waals surface area contributed by atoms with Gasteiger partial charge in [0, 0.05) is 30.7 Å². The molecule has 25 heavy (non-hydrogen) atoms. The summed E-state index contributed by atoms with van der Waals surface area (Å²) in [6, 6.07) is 12.1. The van der Waals surface area contributed by atoms with Crippen LogP contribution in [0, 0.1) is 0 Å². The van der Waals surface area contributed by atoms with E-state index in [1.807, 2.05) is 28.8 Å². The van der Waals surface area contributed by atoms with Crippen molar-refractivity contribution in [1.29, 1.82) is 0 Å². The summed E-state index contributed by atoms with van der Waals surface area (Å²) >= 11 is 1.36. The fourth-order valence-corrected chi connectivity index (χ4v) is 3.19. The molecule has 3 aromatic rings. The fourth-order valence-electron chi connectivity index (χ4n) is 2.36. The Morgan fingerprint density at radius 2 is 2.00 bits per heavy atom. The summed E-state index contributed by atoms with van der Waals surface area (Å²) in [4.78, 5) is 15.8. The highest BCUT2D eigenvalue weighted by Crippen LogP contribution is 2.27. The predicted molar refractivity (Wildman–Crippen MR) is 98.8 cm³/mol. The van der Waals surface area contributed by atoms with Crippen molar-refractivity contribution < 1.29 is 4.79 Å². The largest absolute Gasteiger partial charge is 0.358 e. The third-order valence-electron chi connectivity index (χ3n) is 3.77. The molecule has 0 radical (unpaired) electrons. The van der Waals surface area contributed by atoms with Gasteiger partial charge < -0.3 is 5.32 Å². The molecule has 1 amide bonds. The molecule has 128 valence electrons. The zero-order chi connectivity index (χ0) is 17.6. The van der Waals surface area contributed by atoms with Gasteiger partial charge in [0.2, 0.25) is 5.91 Å². The third-order valence-corrected chi connectivity index (χ3v) is 4.70. The summed E-state index contributed by atoms with van der Waals surface area (Å²) in [6.45, 7) is 2.12. The summed E-state index contributed by atoms with van der Waals surface area (Å²) in [5, 5.41) is 11.9. The van der Waals surface area contributed by atoms with Crippen molar-refractivity contribution in [3.63, 3.8) is 0 Å². The second-order valence-electron chi connectivity index (χ2n) is 5.37. The lowest BCUT2D eigenvalue weighted by molar-refractivity contribution is -0.118. The Kier molecular flexibility index (Phi) is 5.45. The third kappa shape index (κ3) is 3.88. The van der Waals surface area contributed by atoms with Crippen molar-refractivity contribution in [3.8, 4) is 17.1 Å². The Balaban J connectivity index is 2.04. The molecule has 3 rings (SSSR count). The molecule has 0 saturated carbocycles. The summed E-state index contributed by atoms with van der Waals surface area (Å²) in [6.07, 6.45) is 4.46. The number of nitrogens with zero attached hydrogens (tertiary/aromatic N) is 4. The highest BCUT2D eigenvalue weighted by Gasteiger charge is 2.17. The number of rotatable bonds is 6. The van der Waals surface area contributed by atoms with E-state index >= 15 is 0 Å². The minimum atomic E-state index is -0.0520. The lowest BCUT2D eigenvalue weighted by Gasteiger charge is -2.10. The van der Waals surface area contributed by atoms with Gasteiger partial charge >= 0.3 is 0 Å². The van der Waals surface area contributed by atoms with Crippen LogP contribution in [0.3, 0.4) is 0 Å². The average Bonchev–Trinajstić information content (AvgIpc) is 3.10. The Morgan fingerprint density at radius 1 is 1.20 bits per heavy atom. The maximum absolute atomic E-state index is 11.6. The molecule has 0 aliphatic carbocycles. The maximum atomic E-state index is 11.6. The first-order chi connectivity index (χ1) is 12.2. The van der Waals surface area contributed by atoms with Crippen LogP contribution in [0.15, 0.2) is 53.9 Å². The topological polar surface area (TPSA) is 72.7 Å². The fraction of sp³-hybridized carbons (Fsp3) is 0.222. The lowest BCUT2D eigenvalue weighted by Crippen LogP contribution is -2.20. The minimum absolute atomic E-state index is 0.0520. The number of nitrogens with one attached hydrogen (secondary N) is 1. The quantitative estimate of drug-likeness (QED) is 0.690. The highest BCUT2D eigenvalue weighted by molar-refractivity contribution is 7.99. The first kappa shape index (κ1) is 17.2. The van der Waals surface area contributed by atoms with Gasteiger partial charge in [0.25, 0.3) is 0 Å². The van der Waals surface area contributed by atoms with E-state index < -0.39 is 0 Å². The van der Waals surface area contributed by atoms with Gasteiger partial charge in [0.15, 0.2) is 11.0 Å². The molecular weight excluding hydrogens is 334 g/mol. The summed E-state index contributed by atoms with van der Waals surface area (Å²) in [7, 11) is 1.62. The molecule has 1 aromatic carbocycles. The van der Waals surface area contributed by atoms with Crippen molar-refractivity contribution in [2.75, 3.05) is 12.8 Å². The van der Waals surface area contributed by atoms with Crippen LogP contribution in [-0.2, 0) is 11.2 Å². The van der Waals surface area contributed by atoms with Crippen LogP contribution in [0.25, 0.3) is 17.1 Å². The van der Waals surface area contributed by atoms with Gasteiger partial charge in [0.1, 0.15) is 0 Å². The lowest BCUT2D eigenvalue weighted by atomic mass is 10.1. The number of benzene rings is 1. The number of carbonyl (C=O) groups is 1. The number of pyridine rings is 1. The molecule has 0 aliphatic heterocycles. The van der Waals surface area contributed by atoms with Gasteiger partial charge in [-0.1, -0.05) is 30.8 Å². The molecule has 0 bridgehead atoms. The zero-order valence-corrected chi connectivity index (χ0v) is 15.0. The summed E-state index contributed by atoms with van der Waals surface area (Å²) < 4.78 is 1.96. The molecule has 7 heteroatoms. The highest BCUT2D eigenvalue weighted by atomic mass is 32.2. The van der Waals surface area contributed by atoms with E-state index in [0.29, 0.717) is 11.0 Å². The smallest absolute Gasteiger partial charge is 0.230 e. The van der Waals surface area contributed by atoms with Crippen LogP contribution >= 0.6 is 11.8 Å². The van der Waals surface area contributed by atoms with E-state index in [2.05, 4.69) is 39.6 Å². The first-order valence-corrected chi connectivity index (χ1v) is 9.00. The Labute approximate surface area is 150 Å². The number of amides is 1. The first-order valence-electron chi connectivity index (χ1n) is 8.01. The van der Waals surface area contributed by atoms with Crippen LogP contribution < -0.4 is 5.32 Å². The molecular formula is C18H19N5OS. The molecule has 0 atom stereocenters. The number of aryl methyl sites for hydroxylation is 1. The van der Waals surface area contributed by atoms with Crippen LogP contribution in [0.1, 0.15) is 12.5 Å². The molecule has 0 unspecified atom stereocenters. The van der Waals surface area contributed by atoms with Gasteiger partial charge in [-0.05, 0) is 36.2 Å². The van der Waals surface area contributed by atoms with Crippen molar-refractivity contribution in [2.45, 2.75) is 18.5 Å². The van der Waals surface area contributed by atoms with Gasteiger partial charge in [0.05, 0.1) is 5.75 Å². The summed E-state index contributed by atoms with van der Waals surface area (Å²) in [5.74, 6) is 0.940. The molecule has 0 aliphatic rings. The standard InChI is InChI=1S/C18H19N5OS/c1-3-13-6-8-15(9-7-13)23-17(14-5-4-10-20-11-14)21-22-18(23)25-12-16(24)19-2/h4-11H,3,12H2,1-2H3,(H,19,24). The number of hydrogen-bond donors (Lipinski definition) is 1. The van der Waals surface area contributed by atoms with Crippen LogP contribution in [0.4, 0.5) is 0 Å². The predicted octanol–water partition coefficient (Wildman–Crippen LogP) is 2.73. The SMILES string of the molecule is CCc1ccc(-n2c(SCC(=O)NC)nnc2-c2cccnc2)cc1. The molecule has 2 heterocycles. The normalized spacial score (nSPS) is 10.6. The van der Waals surface area contributed by atoms with E-state index in [1.54, 1.807) is 19.4 Å². The van der Waals surface area contributed by atoms with E-state index in [0.717, 1.165) is 17.7 Å². The Hall–Kier alpha value is -2.67. The van der Waals surface area contributed by atoms with Crippen LogP contribution in [0.2, 0.25) is 0 Å². The number of carbonyl (C=O) groups excluding carboxylic acids is 1. The van der Waals surface area contributed by atoms with Crippen molar-refractivity contribution in [3.05, 3.63) is 54.4 Å². The number of thioether (sulfide) groups is 1. The van der Waals surface area contributed by atoms with Crippen LogP contribution in [-0.4, -0.2) is 38.5 Å². The molecule has 0 saturated heterocycles. The van der Waals surface area contributed by atoms with E-state index in [4.69, 9.17) is 0 Å². The molecule has 0 fully saturated rings. The second-order valence-corrected chi connectivity index (χ2v) is 6.31. The zero-order valence-electron chi connectivity index (χ0n) is 14.1. The van der Waals surface area contributed by atoms with E-state index in [-0.39, 0.29) is 11.7 Å². The van der Waals surface area contributed by atoms with Gasteiger partial charge in [-0.2, -0.15) is 0 Å². The number of hydrogen-bond acceptors (Lipinski definition) is 5. The molecule has 0 spiro atoms.